The molecule has 0 fully saturated rings. The first-order valence-corrected chi connectivity index (χ1v) is 4.23. The lowest BCUT2D eigenvalue weighted by Gasteiger charge is -2.13. The van der Waals surface area contributed by atoms with Crippen molar-refractivity contribution in [2.24, 2.45) is 0 Å². The van der Waals surface area contributed by atoms with Crippen molar-refractivity contribution in [3.05, 3.63) is 42.1 Å². The minimum absolute atomic E-state index is 0.478. The van der Waals surface area contributed by atoms with E-state index in [1.54, 1.807) is 0 Å². The van der Waals surface area contributed by atoms with E-state index in [4.69, 9.17) is 0 Å². The Hall–Kier alpha value is -1.24. The molecular weight excluding hydrogens is 146 g/mol. The van der Waals surface area contributed by atoms with Gasteiger partial charge in [0.15, 0.2) is 0 Å². The smallest absolute Gasteiger partial charge is 0.0444 e. The van der Waals surface area contributed by atoms with Gasteiger partial charge in [0.25, 0.3) is 0 Å². The lowest BCUT2D eigenvalue weighted by atomic mass is 10.0. The number of hydrogen-bond donors (Lipinski definition) is 0. The van der Waals surface area contributed by atoms with Crippen LogP contribution in [0.4, 0.5) is 5.69 Å². The molecule has 1 aromatic carbocycles. The van der Waals surface area contributed by atoms with Crippen molar-refractivity contribution in [3.8, 4) is 0 Å². The number of benzene rings is 1. The lowest BCUT2D eigenvalue weighted by Crippen LogP contribution is -2.10. The third-order valence-corrected chi connectivity index (χ3v) is 2.70. The summed E-state index contributed by atoms with van der Waals surface area (Å²) in [5.74, 6) is 0.478. The summed E-state index contributed by atoms with van der Waals surface area (Å²) in [5, 5.41) is 0. The number of allylic oxidation sites excluding steroid dienone is 1. The average Bonchev–Trinajstić information content (AvgIpc) is 2.33. The number of rotatable bonds is 0. The number of likely N-dealkylation sites (N-methyl/N-ethyl adjacent to an activating group) is 1. The first kappa shape index (κ1) is 7.41. The van der Waals surface area contributed by atoms with E-state index in [0.717, 1.165) is 0 Å². The summed E-state index contributed by atoms with van der Waals surface area (Å²) in [5.41, 5.74) is 3.89. The van der Waals surface area contributed by atoms with Crippen LogP contribution in [0.2, 0.25) is 0 Å². The molecule has 1 heteroatoms. The highest BCUT2D eigenvalue weighted by molar-refractivity contribution is 5.66. The molecule has 0 spiro atoms. The average molecular weight is 159 g/mol. The maximum Gasteiger partial charge on any atom is 0.0444 e. The molecular formula is C11H13N. The molecule has 0 bridgehead atoms. The monoisotopic (exact) mass is 159 g/mol. The molecule has 1 aromatic rings. The van der Waals surface area contributed by atoms with Crippen molar-refractivity contribution in [1.82, 2.24) is 0 Å². The Morgan fingerprint density at radius 2 is 2.00 bits per heavy atom. The largest absolute Gasteiger partial charge is 0.348 e. The van der Waals surface area contributed by atoms with Crippen LogP contribution < -0.4 is 4.90 Å². The molecule has 0 saturated heterocycles. The zero-order valence-corrected chi connectivity index (χ0v) is 7.54. The summed E-state index contributed by atoms with van der Waals surface area (Å²) < 4.78 is 0. The fraction of sp³-hybridized carbons (Fsp3) is 0.273. The van der Waals surface area contributed by atoms with Crippen LogP contribution in [0, 0.1) is 0 Å². The van der Waals surface area contributed by atoms with Crippen LogP contribution in [0.3, 0.4) is 0 Å². The first-order valence-electron chi connectivity index (χ1n) is 4.23. The van der Waals surface area contributed by atoms with E-state index >= 15 is 0 Å². The van der Waals surface area contributed by atoms with Crippen LogP contribution in [0.5, 0.6) is 0 Å². The lowest BCUT2D eigenvalue weighted by molar-refractivity contribution is 0.914. The van der Waals surface area contributed by atoms with Gasteiger partial charge in [-0.1, -0.05) is 31.7 Å². The minimum Gasteiger partial charge on any atom is -0.348 e. The summed E-state index contributed by atoms with van der Waals surface area (Å²) in [7, 11) is 2.07. The van der Waals surface area contributed by atoms with E-state index in [1.807, 2.05) is 0 Å². The minimum atomic E-state index is 0.478. The third kappa shape index (κ3) is 0.795. The van der Waals surface area contributed by atoms with Gasteiger partial charge in [0.05, 0.1) is 0 Å². The molecule has 12 heavy (non-hydrogen) atoms. The van der Waals surface area contributed by atoms with E-state index in [9.17, 15) is 0 Å². The van der Waals surface area contributed by atoms with Crippen molar-refractivity contribution in [2.75, 3.05) is 11.9 Å². The molecule has 1 unspecified atom stereocenters. The van der Waals surface area contributed by atoms with Crippen molar-refractivity contribution in [2.45, 2.75) is 12.8 Å². The highest BCUT2D eigenvalue weighted by atomic mass is 15.1. The van der Waals surface area contributed by atoms with Gasteiger partial charge in [-0.05, 0) is 11.6 Å². The molecule has 62 valence electrons. The number of fused-ring (bicyclic) bond motifs is 1. The van der Waals surface area contributed by atoms with E-state index in [1.165, 1.54) is 16.9 Å². The van der Waals surface area contributed by atoms with E-state index < -0.39 is 0 Å². The molecule has 2 rings (SSSR count). The SMILES string of the molecule is C=C1C(C)c2ccccc2N1C. The van der Waals surface area contributed by atoms with E-state index in [2.05, 4.69) is 49.7 Å². The van der Waals surface area contributed by atoms with Crippen molar-refractivity contribution < 1.29 is 0 Å². The van der Waals surface area contributed by atoms with Crippen molar-refractivity contribution >= 4 is 5.69 Å². The summed E-state index contributed by atoms with van der Waals surface area (Å²) in [4.78, 5) is 2.17. The molecule has 0 N–H and O–H groups in total. The van der Waals surface area contributed by atoms with Gasteiger partial charge in [-0.25, -0.2) is 0 Å². The maximum absolute atomic E-state index is 4.06. The van der Waals surface area contributed by atoms with Gasteiger partial charge in [0.1, 0.15) is 0 Å². The van der Waals surface area contributed by atoms with E-state index in [0.29, 0.717) is 5.92 Å². The Morgan fingerprint density at radius 1 is 1.33 bits per heavy atom. The Morgan fingerprint density at radius 3 is 2.67 bits per heavy atom. The Bertz CT molecular complexity index is 297. The molecule has 0 amide bonds. The molecule has 0 aromatic heterocycles. The number of nitrogens with zero attached hydrogens (tertiary/aromatic N) is 1. The number of anilines is 1. The molecule has 0 aliphatic carbocycles. The number of hydrogen-bond acceptors (Lipinski definition) is 1. The second-order valence-electron chi connectivity index (χ2n) is 3.33. The van der Waals surface area contributed by atoms with Gasteiger partial charge in [-0.2, -0.15) is 0 Å². The fourth-order valence-electron chi connectivity index (χ4n) is 1.78. The van der Waals surface area contributed by atoms with Gasteiger partial charge < -0.3 is 4.90 Å². The van der Waals surface area contributed by atoms with Crippen molar-refractivity contribution in [3.63, 3.8) is 0 Å². The third-order valence-electron chi connectivity index (χ3n) is 2.70. The van der Waals surface area contributed by atoms with Gasteiger partial charge in [-0.15, -0.1) is 0 Å². The predicted molar refractivity (Wildman–Crippen MR) is 52.4 cm³/mol. The van der Waals surface area contributed by atoms with Crippen LogP contribution >= 0.6 is 0 Å². The highest BCUT2D eigenvalue weighted by Crippen LogP contribution is 2.40. The van der Waals surface area contributed by atoms with Crippen LogP contribution in [-0.4, -0.2) is 7.05 Å². The summed E-state index contributed by atoms with van der Waals surface area (Å²) in [6.07, 6.45) is 0. The molecule has 1 nitrogen and oxygen atoms in total. The number of para-hydroxylation sites is 1. The van der Waals surface area contributed by atoms with Gasteiger partial charge >= 0.3 is 0 Å². The maximum atomic E-state index is 4.06. The predicted octanol–water partition coefficient (Wildman–Crippen LogP) is 2.75. The summed E-state index contributed by atoms with van der Waals surface area (Å²) in [6, 6.07) is 8.47. The molecule has 1 aliphatic rings. The normalized spacial score (nSPS) is 21.3. The van der Waals surface area contributed by atoms with Crippen molar-refractivity contribution in [1.29, 1.82) is 0 Å². The fourth-order valence-corrected chi connectivity index (χ4v) is 1.78. The topological polar surface area (TPSA) is 3.24 Å². The summed E-state index contributed by atoms with van der Waals surface area (Å²) in [6.45, 7) is 6.26. The van der Waals surface area contributed by atoms with Gasteiger partial charge in [-0.3, -0.25) is 0 Å². The second-order valence-corrected chi connectivity index (χ2v) is 3.33. The Kier molecular flexibility index (Phi) is 1.47. The highest BCUT2D eigenvalue weighted by Gasteiger charge is 2.25. The second kappa shape index (κ2) is 2.37. The quantitative estimate of drug-likeness (QED) is 0.562. The summed E-state index contributed by atoms with van der Waals surface area (Å²) >= 11 is 0. The standard InChI is InChI=1S/C11H13N/c1-8-9(2)12(3)11-7-5-4-6-10(8)11/h4-8H,2H2,1,3H3. The van der Waals surface area contributed by atoms with Crippen LogP contribution in [0.15, 0.2) is 36.5 Å². The van der Waals surface area contributed by atoms with Gasteiger partial charge in [0.2, 0.25) is 0 Å². The molecule has 1 atom stereocenters. The van der Waals surface area contributed by atoms with Gasteiger partial charge in [0, 0.05) is 24.4 Å². The molecule has 1 heterocycles. The van der Waals surface area contributed by atoms with E-state index in [-0.39, 0.29) is 0 Å². The molecule has 0 radical (unpaired) electrons. The molecule has 0 saturated carbocycles. The zero-order valence-electron chi connectivity index (χ0n) is 7.54. The Labute approximate surface area is 73.3 Å². The van der Waals surface area contributed by atoms with Crippen LogP contribution in [0.25, 0.3) is 0 Å². The van der Waals surface area contributed by atoms with Crippen LogP contribution in [0.1, 0.15) is 18.4 Å². The van der Waals surface area contributed by atoms with Crippen LogP contribution in [-0.2, 0) is 0 Å². The Balaban J connectivity index is 2.59. The first-order chi connectivity index (χ1) is 5.72. The zero-order chi connectivity index (χ0) is 8.72. The molecule has 1 aliphatic heterocycles.